The topological polar surface area (TPSA) is 103 Å². The summed E-state index contributed by atoms with van der Waals surface area (Å²) in [6, 6.07) is 5.30. The molecule has 3 N–H and O–H groups in total. The Hall–Kier alpha value is -1.96. The number of guanidine groups is 1. The van der Waals surface area contributed by atoms with Crippen molar-refractivity contribution < 1.29 is 17.9 Å². The molecule has 1 fully saturated rings. The number of methoxy groups -OCH3 is 2. The highest BCUT2D eigenvalue weighted by Gasteiger charge is 2.24. The largest absolute Gasteiger partial charge is 0.497 e. The van der Waals surface area contributed by atoms with Gasteiger partial charge in [-0.05, 0) is 30.9 Å². The van der Waals surface area contributed by atoms with Crippen LogP contribution in [0.4, 0.5) is 5.69 Å². The van der Waals surface area contributed by atoms with Gasteiger partial charge in [0.1, 0.15) is 11.5 Å². The molecule has 0 saturated carbocycles. The highest BCUT2D eigenvalue weighted by Crippen LogP contribution is 2.28. The Morgan fingerprint density at radius 3 is 2.83 bits per heavy atom. The van der Waals surface area contributed by atoms with Crippen LogP contribution in [0.25, 0.3) is 0 Å². The van der Waals surface area contributed by atoms with Crippen molar-refractivity contribution in [3.05, 3.63) is 18.2 Å². The first-order chi connectivity index (χ1) is 10.9. The molecule has 2 rings (SSSR count). The molecule has 23 heavy (non-hydrogen) atoms. The molecule has 0 radical (unpaired) electrons. The molecular weight excluding hydrogens is 318 g/mol. The van der Waals surface area contributed by atoms with Gasteiger partial charge < -0.3 is 20.5 Å². The second kappa shape index (κ2) is 7.54. The van der Waals surface area contributed by atoms with Crippen LogP contribution in [0.3, 0.4) is 0 Å². The normalized spacial score (nSPS) is 20.8. The highest BCUT2D eigenvalue weighted by atomic mass is 32.2. The van der Waals surface area contributed by atoms with E-state index < -0.39 is 9.84 Å². The zero-order chi connectivity index (χ0) is 16.9. The Bertz CT molecular complexity index is 673. The van der Waals surface area contributed by atoms with Gasteiger partial charge >= 0.3 is 0 Å². The minimum atomic E-state index is -2.93. The Morgan fingerprint density at radius 1 is 1.39 bits per heavy atom. The summed E-state index contributed by atoms with van der Waals surface area (Å²) < 4.78 is 33.7. The molecule has 128 valence electrons. The van der Waals surface area contributed by atoms with Gasteiger partial charge in [-0.2, -0.15) is 0 Å². The first-order valence-corrected chi connectivity index (χ1v) is 9.25. The maximum Gasteiger partial charge on any atom is 0.193 e. The predicted molar refractivity (Wildman–Crippen MR) is 91.0 cm³/mol. The van der Waals surface area contributed by atoms with Crippen molar-refractivity contribution in [2.75, 3.05) is 37.6 Å². The molecule has 1 saturated heterocycles. The van der Waals surface area contributed by atoms with Crippen molar-refractivity contribution in [1.82, 2.24) is 0 Å². The summed E-state index contributed by atoms with van der Waals surface area (Å²) in [5.74, 6) is 2.00. The number of sulfone groups is 1. The third kappa shape index (κ3) is 5.02. The lowest BCUT2D eigenvalue weighted by molar-refractivity contribution is 0.405. The highest BCUT2D eigenvalue weighted by molar-refractivity contribution is 7.91. The fourth-order valence-electron chi connectivity index (χ4n) is 2.58. The first-order valence-electron chi connectivity index (χ1n) is 7.43. The molecule has 1 unspecified atom stereocenters. The zero-order valence-electron chi connectivity index (χ0n) is 13.4. The third-order valence-electron chi connectivity index (χ3n) is 3.75. The minimum absolute atomic E-state index is 0.0290. The van der Waals surface area contributed by atoms with E-state index in [1.54, 1.807) is 32.4 Å². The zero-order valence-corrected chi connectivity index (χ0v) is 14.2. The van der Waals surface area contributed by atoms with Gasteiger partial charge in [0.05, 0.1) is 31.4 Å². The fourth-order valence-corrected chi connectivity index (χ4v) is 4.34. The van der Waals surface area contributed by atoms with Crippen molar-refractivity contribution in [1.29, 1.82) is 0 Å². The smallest absolute Gasteiger partial charge is 0.193 e. The van der Waals surface area contributed by atoms with Gasteiger partial charge in [-0.1, -0.05) is 0 Å². The summed E-state index contributed by atoms with van der Waals surface area (Å²) in [7, 11) is 0.213. The van der Waals surface area contributed by atoms with Gasteiger partial charge in [0, 0.05) is 12.6 Å². The second-order valence-corrected chi connectivity index (χ2v) is 7.77. The molecular formula is C15H23N3O4S. The van der Waals surface area contributed by atoms with Crippen LogP contribution in [0.1, 0.15) is 12.8 Å². The Morgan fingerprint density at radius 2 is 2.17 bits per heavy atom. The Labute approximate surface area is 136 Å². The quantitative estimate of drug-likeness (QED) is 0.617. The number of rotatable bonds is 5. The van der Waals surface area contributed by atoms with Crippen LogP contribution >= 0.6 is 0 Å². The number of aliphatic imine (C=N–C) groups is 1. The third-order valence-corrected chi connectivity index (χ3v) is 5.64. The van der Waals surface area contributed by atoms with Crippen LogP contribution in [0.2, 0.25) is 0 Å². The molecule has 1 aromatic carbocycles. The van der Waals surface area contributed by atoms with E-state index in [9.17, 15) is 8.42 Å². The minimum Gasteiger partial charge on any atom is -0.497 e. The number of benzene rings is 1. The van der Waals surface area contributed by atoms with Crippen molar-refractivity contribution in [3.63, 3.8) is 0 Å². The van der Waals surface area contributed by atoms with Gasteiger partial charge in [0.2, 0.25) is 0 Å². The van der Waals surface area contributed by atoms with Gasteiger partial charge in [-0.15, -0.1) is 0 Å². The van der Waals surface area contributed by atoms with E-state index in [1.165, 1.54) is 0 Å². The van der Waals surface area contributed by atoms with Crippen LogP contribution in [-0.4, -0.2) is 46.6 Å². The predicted octanol–water partition coefficient (Wildman–Crippen LogP) is 1.26. The molecule has 1 aliphatic heterocycles. The molecule has 1 aromatic rings. The van der Waals surface area contributed by atoms with Gasteiger partial charge in [0.15, 0.2) is 15.8 Å². The van der Waals surface area contributed by atoms with E-state index in [4.69, 9.17) is 15.2 Å². The van der Waals surface area contributed by atoms with Crippen molar-refractivity contribution in [2.24, 2.45) is 16.6 Å². The standard InChI is InChI=1S/C15H23N3O4S/c1-21-12-5-6-14(22-2)13(8-12)18-15(16)17-9-11-4-3-7-23(19,20)10-11/h5-6,8,11H,3-4,7,9-10H2,1-2H3,(H3,16,17,18). The molecule has 0 spiro atoms. The molecule has 0 aromatic heterocycles. The summed E-state index contributed by atoms with van der Waals surface area (Å²) in [5, 5.41) is 2.97. The van der Waals surface area contributed by atoms with Crippen LogP contribution in [0.15, 0.2) is 23.2 Å². The first kappa shape index (κ1) is 17.4. The van der Waals surface area contributed by atoms with Gasteiger partial charge in [-0.25, -0.2) is 8.42 Å². The summed E-state index contributed by atoms with van der Waals surface area (Å²) >= 11 is 0. The second-order valence-electron chi connectivity index (χ2n) is 5.54. The number of hydrogen-bond acceptors (Lipinski definition) is 5. The van der Waals surface area contributed by atoms with E-state index in [0.717, 1.165) is 6.42 Å². The van der Waals surface area contributed by atoms with Crippen LogP contribution < -0.4 is 20.5 Å². The van der Waals surface area contributed by atoms with E-state index in [-0.39, 0.29) is 23.4 Å². The lowest BCUT2D eigenvalue weighted by Gasteiger charge is -2.20. The lowest BCUT2D eigenvalue weighted by Crippen LogP contribution is -2.29. The van der Waals surface area contributed by atoms with Crippen molar-refractivity contribution >= 4 is 21.5 Å². The molecule has 1 atom stereocenters. The van der Waals surface area contributed by atoms with Crippen LogP contribution in [0, 0.1) is 5.92 Å². The van der Waals surface area contributed by atoms with Crippen molar-refractivity contribution in [2.45, 2.75) is 12.8 Å². The number of hydrogen-bond donors (Lipinski definition) is 2. The van der Waals surface area contributed by atoms with E-state index in [2.05, 4.69) is 10.3 Å². The van der Waals surface area contributed by atoms with E-state index in [0.29, 0.717) is 30.2 Å². The number of anilines is 1. The Kier molecular flexibility index (Phi) is 5.70. The number of nitrogens with one attached hydrogen (secondary N) is 1. The van der Waals surface area contributed by atoms with Crippen LogP contribution in [-0.2, 0) is 9.84 Å². The van der Waals surface area contributed by atoms with Gasteiger partial charge in [-0.3, -0.25) is 4.99 Å². The summed E-state index contributed by atoms with van der Waals surface area (Å²) in [5.41, 5.74) is 6.54. The van der Waals surface area contributed by atoms with Crippen molar-refractivity contribution in [3.8, 4) is 11.5 Å². The average Bonchev–Trinajstić information content (AvgIpc) is 2.52. The lowest BCUT2D eigenvalue weighted by atomic mass is 10.1. The van der Waals surface area contributed by atoms with E-state index in [1.807, 2.05) is 0 Å². The maximum absolute atomic E-state index is 11.6. The monoisotopic (exact) mass is 341 g/mol. The molecule has 1 aliphatic rings. The van der Waals surface area contributed by atoms with Crippen LogP contribution in [0.5, 0.6) is 11.5 Å². The SMILES string of the molecule is COc1ccc(OC)c(NC(N)=NCC2CCCS(=O)(=O)C2)c1. The molecule has 1 heterocycles. The molecule has 8 heteroatoms. The molecule has 0 bridgehead atoms. The molecule has 7 nitrogen and oxygen atoms in total. The number of ether oxygens (including phenoxy) is 2. The maximum atomic E-state index is 11.6. The molecule has 0 aliphatic carbocycles. The number of nitrogens with two attached hydrogens (primary N) is 1. The fraction of sp³-hybridized carbons (Fsp3) is 0.533. The van der Waals surface area contributed by atoms with Gasteiger partial charge in [0.25, 0.3) is 0 Å². The Balaban J connectivity index is 2.02. The van der Waals surface area contributed by atoms with E-state index >= 15 is 0 Å². The molecule has 0 amide bonds. The number of nitrogens with zero attached hydrogens (tertiary/aromatic N) is 1. The average molecular weight is 341 g/mol. The summed E-state index contributed by atoms with van der Waals surface area (Å²) in [6.07, 6.45) is 1.55. The summed E-state index contributed by atoms with van der Waals surface area (Å²) in [4.78, 5) is 4.26. The summed E-state index contributed by atoms with van der Waals surface area (Å²) in [6.45, 7) is 0.393.